The highest BCUT2D eigenvalue weighted by Crippen LogP contribution is 2.49. The molecule has 1 aromatic rings. The lowest BCUT2D eigenvalue weighted by atomic mass is 9.91. The first-order chi connectivity index (χ1) is 14.1. The van der Waals surface area contributed by atoms with Gasteiger partial charge in [0.1, 0.15) is 0 Å². The summed E-state index contributed by atoms with van der Waals surface area (Å²) in [5.41, 5.74) is 2.03. The number of piperidine rings is 2. The van der Waals surface area contributed by atoms with Gasteiger partial charge in [-0.1, -0.05) is 6.92 Å². The Morgan fingerprint density at radius 2 is 2.00 bits per heavy atom. The van der Waals surface area contributed by atoms with E-state index < -0.39 is 0 Å². The zero-order chi connectivity index (χ0) is 20.2. The molecule has 0 aromatic carbocycles. The molecule has 4 rings (SSSR count). The third-order valence-corrected chi connectivity index (χ3v) is 7.27. The first-order valence-electron chi connectivity index (χ1n) is 11.7. The Morgan fingerprint density at radius 1 is 1.24 bits per heavy atom. The monoisotopic (exact) mass is 399 g/mol. The highest BCUT2D eigenvalue weighted by atomic mass is 16.5. The maximum Gasteiger partial charge on any atom is 0.227 e. The normalized spacial score (nSPS) is 25.8. The van der Waals surface area contributed by atoms with Gasteiger partial charge in [0.2, 0.25) is 11.8 Å². The van der Waals surface area contributed by atoms with E-state index in [1.807, 2.05) is 18.0 Å². The van der Waals surface area contributed by atoms with E-state index in [1.54, 1.807) is 0 Å². The number of aryl methyl sites for hydroxylation is 1. The van der Waals surface area contributed by atoms with Crippen LogP contribution in [0.2, 0.25) is 0 Å². The Labute approximate surface area is 175 Å². The van der Waals surface area contributed by atoms with Crippen molar-refractivity contribution in [2.24, 2.45) is 23.7 Å². The van der Waals surface area contributed by atoms with Crippen LogP contribution < -0.4 is 10.1 Å². The summed E-state index contributed by atoms with van der Waals surface area (Å²) in [6, 6.07) is 2.07. The Hall–Kier alpha value is -1.62. The van der Waals surface area contributed by atoms with Crippen LogP contribution in [0.1, 0.15) is 56.6 Å². The molecule has 0 bridgehead atoms. The van der Waals surface area contributed by atoms with Crippen LogP contribution in [0.25, 0.3) is 0 Å². The third kappa shape index (κ3) is 5.50. The average molecular weight is 400 g/mol. The van der Waals surface area contributed by atoms with Crippen molar-refractivity contribution in [1.29, 1.82) is 0 Å². The molecule has 1 aliphatic carbocycles. The van der Waals surface area contributed by atoms with E-state index in [4.69, 9.17) is 4.74 Å². The van der Waals surface area contributed by atoms with Gasteiger partial charge in [0.05, 0.1) is 13.0 Å². The summed E-state index contributed by atoms with van der Waals surface area (Å²) >= 11 is 0. The molecule has 3 heterocycles. The smallest absolute Gasteiger partial charge is 0.227 e. The quantitative estimate of drug-likeness (QED) is 0.761. The van der Waals surface area contributed by atoms with Crippen LogP contribution in [0.5, 0.6) is 5.88 Å². The van der Waals surface area contributed by atoms with Crippen LogP contribution in [0, 0.1) is 30.6 Å². The van der Waals surface area contributed by atoms with E-state index in [9.17, 15) is 4.79 Å². The molecule has 2 saturated heterocycles. The van der Waals surface area contributed by atoms with Crippen molar-refractivity contribution in [1.82, 2.24) is 15.2 Å². The second-order valence-electron chi connectivity index (χ2n) is 9.59. The lowest BCUT2D eigenvalue weighted by molar-refractivity contribution is -0.131. The fourth-order valence-corrected chi connectivity index (χ4v) is 5.17. The van der Waals surface area contributed by atoms with Crippen LogP contribution in [0.3, 0.4) is 0 Å². The number of ether oxygens (including phenoxy) is 1. The summed E-state index contributed by atoms with van der Waals surface area (Å²) in [5, 5.41) is 3.46. The molecule has 5 heteroatoms. The van der Waals surface area contributed by atoms with Gasteiger partial charge in [0, 0.05) is 24.8 Å². The number of rotatable bonds is 7. The molecule has 3 aliphatic rings. The molecule has 1 saturated carbocycles. The lowest BCUT2D eigenvalue weighted by Crippen LogP contribution is -2.38. The van der Waals surface area contributed by atoms with E-state index in [-0.39, 0.29) is 5.91 Å². The van der Waals surface area contributed by atoms with Gasteiger partial charge in [-0.15, -0.1) is 0 Å². The van der Waals surface area contributed by atoms with Crippen molar-refractivity contribution in [2.45, 2.75) is 58.8 Å². The van der Waals surface area contributed by atoms with Gasteiger partial charge >= 0.3 is 0 Å². The number of nitrogens with one attached hydrogen (secondary N) is 1. The van der Waals surface area contributed by atoms with E-state index in [0.29, 0.717) is 6.42 Å². The summed E-state index contributed by atoms with van der Waals surface area (Å²) < 4.78 is 5.99. The number of amides is 1. The molecule has 160 valence electrons. The van der Waals surface area contributed by atoms with Gasteiger partial charge in [0.15, 0.2) is 0 Å². The molecule has 2 atom stereocenters. The highest BCUT2D eigenvalue weighted by Gasteiger charge is 2.42. The minimum atomic E-state index is 0.226. The van der Waals surface area contributed by atoms with Crippen LogP contribution in [0.4, 0.5) is 0 Å². The van der Waals surface area contributed by atoms with Gasteiger partial charge < -0.3 is 15.0 Å². The number of nitrogens with zero attached hydrogens (tertiary/aromatic N) is 2. The van der Waals surface area contributed by atoms with Crippen molar-refractivity contribution in [3.63, 3.8) is 0 Å². The first kappa shape index (κ1) is 20.6. The topological polar surface area (TPSA) is 54.5 Å². The Balaban J connectivity index is 1.20. The van der Waals surface area contributed by atoms with Crippen molar-refractivity contribution in [3.05, 3.63) is 23.4 Å². The van der Waals surface area contributed by atoms with Crippen LogP contribution in [0.15, 0.2) is 12.3 Å². The SMILES string of the molecule is Cc1cc(CC(=O)N2CCC(C)CC2)cnc1OCCC1CC1C1CCNCC1. The number of aromatic nitrogens is 1. The minimum Gasteiger partial charge on any atom is -0.477 e. The maximum absolute atomic E-state index is 12.5. The summed E-state index contributed by atoms with van der Waals surface area (Å²) in [5.74, 6) is 4.41. The Morgan fingerprint density at radius 3 is 2.72 bits per heavy atom. The molecule has 1 N–H and O–H groups in total. The number of pyridine rings is 1. The average Bonchev–Trinajstić information content (AvgIpc) is 3.50. The van der Waals surface area contributed by atoms with Crippen LogP contribution >= 0.6 is 0 Å². The van der Waals surface area contributed by atoms with Gasteiger partial charge in [-0.05, 0) is 93.8 Å². The molecule has 29 heavy (non-hydrogen) atoms. The zero-order valence-electron chi connectivity index (χ0n) is 18.2. The molecule has 3 fully saturated rings. The summed E-state index contributed by atoms with van der Waals surface area (Å²) in [6.45, 7) is 9.24. The second kappa shape index (κ2) is 9.46. The Bertz CT molecular complexity index is 693. The summed E-state index contributed by atoms with van der Waals surface area (Å²) in [7, 11) is 0. The predicted molar refractivity (Wildman–Crippen MR) is 115 cm³/mol. The maximum atomic E-state index is 12.5. The second-order valence-corrected chi connectivity index (χ2v) is 9.59. The predicted octanol–water partition coefficient (Wildman–Crippen LogP) is 3.60. The van der Waals surface area contributed by atoms with E-state index in [1.165, 1.54) is 32.4 Å². The fraction of sp³-hybridized carbons (Fsp3) is 0.750. The standard InChI is InChI=1S/C24H37N3O2/c1-17-5-10-27(11-6-17)23(28)14-19-13-18(2)24(26-16-19)29-12-7-21-15-22(21)20-3-8-25-9-4-20/h13,16-17,20-22,25H,3-12,14-15H2,1-2H3. The molecule has 0 radical (unpaired) electrons. The number of hydrogen-bond acceptors (Lipinski definition) is 4. The molecule has 2 aliphatic heterocycles. The highest BCUT2D eigenvalue weighted by molar-refractivity contribution is 5.78. The van der Waals surface area contributed by atoms with Crippen LogP contribution in [-0.2, 0) is 11.2 Å². The summed E-state index contributed by atoms with van der Waals surface area (Å²) in [4.78, 5) is 19.1. The van der Waals surface area contributed by atoms with Gasteiger partial charge in [-0.25, -0.2) is 4.98 Å². The van der Waals surface area contributed by atoms with Gasteiger partial charge in [0.25, 0.3) is 0 Å². The van der Waals surface area contributed by atoms with E-state index in [2.05, 4.69) is 23.3 Å². The number of carbonyl (C=O) groups excluding carboxylic acids is 1. The number of likely N-dealkylation sites (tertiary alicyclic amines) is 1. The summed E-state index contributed by atoms with van der Waals surface area (Å²) in [6.07, 6.45) is 9.73. The molecule has 5 nitrogen and oxygen atoms in total. The van der Waals surface area contributed by atoms with Crippen LogP contribution in [-0.4, -0.2) is 48.6 Å². The molecular formula is C24H37N3O2. The van der Waals surface area contributed by atoms with Crippen molar-refractivity contribution in [2.75, 3.05) is 32.8 Å². The third-order valence-electron chi connectivity index (χ3n) is 7.27. The zero-order valence-corrected chi connectivity index (χ0v) is 18.2. The lowest BCUT2D eigenvalue weighted by Gasteiger charge is -2.30. The van der Waals surface area contributed by atoms with Gasteiger partial charge in [-0.3, -0.25) is 4.79 Å². The first-order valence-corrected chi connectivity index (χ1v) is 11.7. The van der Waals surface area contributed by atoms with Crippen molar-refractivity contribution >= 4 is 5.91 Å². The molecule has 2 unspecified atom stereocenters. The molecule has 1 aromatic heterocycles. The largest absolute Gasteiger partial charge is 0.477 e. The fourth-order valence-electron chi connectivity index (χ4n) is 5.17. The van der Waals surface area contributed by atoms with E-state index in [0.717, 1.165) is 79.6 Å². The van der Waals surface area contributed by atoms with Gasteiger partial charge in [-0.2, -0.15) is 0 Å². The number of hydrogen-bond donors (Lipinski definition) is 1. The molecular weight excluding hydrogens is 362 g/mol. The molecule has 0 spiro atoms. The molecule has 1 amide bonds. The number of carbonyl (C=O) groups is 1. The van der Waals surface area contributed by atoms with Crippen molar-refractivity contribution in [3.8, 4) is 5.88 Å². The van der Waals surface area contributed by atoms with Crippen molar-refractivity contribution < 1.29 is 9.53 Å². The van der Waals surface area contributed by atoms with E-state index >= 15 is 0 Å². The minimum absolute atomic E-state index is 0.226. The Kier molecular flexibility index (Phi) is 6.74.